The van der Waals surface area contributed by atoms with E-state index in [0.29, 0.717) is 23.1 Å². The predicted molar refractivity (Wildman–Crippen MR) is 95.1 cm³/mol. The maximum atomic E-state index is 12.4. The van der Waals surface area contributed by atoms with Crippen LogP contribution >= 0.6 is 12.4 Å². The Morgan fingerprint density at radius 2 is 2.17 bits per heavy atom. The van der Waals surface area contributed by atoms with Gasteiger partial charge in [-0.1, -0.05) is 0 Å². The summed E-state index contributed by atoms with van der Waals surface area (Å²) in [6.07, 6.45) is 2.00. The summed E-state index contributed by atoms with van der Waals surface area (Å²) >= 11 is 0. The van der Waals surface area contributed by atoms with Crippen molar-refractivity contribution in [1.29, 1.82) is 0 Å². The van der Waals surface area contributed by atoms with Crippen molar-refractivity contribution in [3.05, 3.63) is 44.5 Å². The first kappa shape index (κ1) is 18.2. The lowest BCUT2D eigenvalue weighted by molar-refractivity contribution is 0.0931. The van der Waals surface area contributed by atoms with Crippen LogP contribution in [0.15, 0.2) is 27.8 Å². The number of hydrogen-bond acceptors (Lipinski definition) is 4. The number of rotatable bonds is 3. The number of piperidine rings is 1. The molecule has 7 nitrogen and oxygen atoms in total. The van der Waals surface area contributed by atoms with Gasteiger partial charge in [0.1, 0.15) is 0 Å². The molecule has 1 aromatic heterocycles. The van der Waals surface area contributed by atoms with Crippen LogP contribution in [-0.2, 0) is 6.54 Å². The second kappa shape index (κ2) is 7.63. The molecule has 1 fully saturated rings. The minimum atomic E-state index is -0.673. The number of fused-ring (bicyclic) bond motifs is 1. The second-order valence-electron chi connectivity index (χ2n) is 5.75. The zero-order valence-corrected chi connectivity index (χ0v) is 14.2. The fourth-order valence-corrected chi connectivity index (χ4v) is 2.98. The Morgan fingerprint density at radius 3 is 2.83 bits per heavy atom. The first-order valence-electron chi connectivity index (χ1n) is 7.88. The van der Waals surface area contributed by atoms with E-state index in [-0.39, 0.29) is 24.4 Å². The SMILES string of the molecule is CCn1c(=O)c(=O)[nH]c2cc(C(=O)N[C@H]3CCCNC3)ccc21.Cl. The number of carbonyl (C=O) groups is 1. The van der Waals surface area contributed by atoms with E-state index >= 15 is 0 Å². The highest BCUT2D eigenvalue weighted by Gasteiger charge is 2.17. The third-order valence-electron chi connectivity index (χ3n) is 4.19. The van der Waals surface area contributed by atoms with Crippen molar-refractivity contribution >= 4 is 29.3 Å². The van der Waals surface area contributed by atoms with Crippen LogP contribution in [-0.4, -0.2) is 34.6 Å². The molecule has 1 aromatic carbocycles. The smallest absolute Gasteiger partial charge is 0.316 e. The van der Waals surface area contributed by atoms with E-state index in [0.717, 1.165) is 25.9 Å². The van der Waals surface area contributed by atoms with Gasteiger partial charge in [0.15, 0.2) is 0 Å². The summed E-state index contributed by atoms with van der Waals surface area (Å²) in [5.74, 6) is -0.171. The molecule has 0 spiro atoms. The highest BCUT2D eigenvalue weighted by Crippen LogP contribution is 2.12. The van der Waals surface area contributed by atoms with E-state index in [9.17, 15) is 14.4 Å². The largest absolute Gasteiger partial charge is 0.348 e. The molecule has 1 amide bonds. The van der Waals surface area contributed by atoms with E-state index in [4.69, 9.17) is 0 Å². The van der Waals surface area contributed by atoms with Crippen LogP contribution in [0.1, 0.15) is 30.1 Å². The van der Waals surface area contributed by atoms with Gasteiger partial charge in [0.2, 0.25) is 0 Å². The Hall–Kier alpha value is -2.12. The number of nitrogens with zero attached hydrogens (tertiary/aromatic N) is 1. The van der Waals surface area contributed by atoms with Crippen molar-refractivity contribution in [2.24, 2.45) is 0 Å². The average Bonchev–Trinajstić information content (AvgIpc) is 2.56. The van der Waals surface area contributed by atoms with Gasteiger partial charge in [0, 0.05) is 24.7 Å². The van der Waals surface area contributed by atoms with Gasteiger partial charge in [-0.15, -0.1) is 12.4 Å². The Bertz CT molecular complexity index is 853. The highest BCUT2D eigenvalue weighted by molar-refractivity contribution is 5.97. The van der Waals surface area contributed by atoms with Crippen LogP contribution in [0.2, 0.25) is 0 Å². The van der Waals surface area contributed by atoms with Crippen LogP contribution in [0.25, 0.3) is 11.0 Å². The average molecular weight is 353 g/mol. The molecular formula is C16H21ClN4O3. The molecule has 8 heteroatoms. The maximum Gasteiger partial charge on any atom is 0.316 e. The summed E-state index contributed by atoms with van der Waals surface area (Å²) in [6.45, 7) is 3.96. The van der Waals surface area contributed by atoms with Crippen molar-refractivity contribution in [2.75, 3.05) is 13.1 Å². The lowest BCUT2D eigenvalue weighted by Crippen LogP contribution is -2.45. The van der Waals surface area contributed by atoms with Crippen LogP contribution in [0.3, 0.4) is 0 Å². The van der Waals surface area contributed by atoms with Crippen LogP contribution in [0.4, 0.5) is 0 Å². The van der Waals surface area contributed by atoms with Crippen LogP contribution < -0.4 is 21.8 Å². The van der Waals surface area contributed by atoms with Gasteiger partial charge in [-0.3, -0.25) is 14.4 Å². The van der Waals surface area contributed by atoms with Gasteiger partial charge in [-0.2, -0.15) is 0 Å². The van der Waals surface area contributed by atoms with Gasteiger partial charge in [-0.25, -0.2) is 0 Å². The molecule has 0 unspecified atom stereocenters. The number of benzene rings is 1. The van der Waals surface area contributed by atoms with Gasteiger partial charge < -0.3 is 20.2 Å². The lowest BCUT2D eigenvalue weighted by Gasteiger charge is -2.23. The lowest BCUT2D eigenvalue weighted by atomic mass is 10.1. The zero-order valence-electron chi connectivity index (χ0n) is 13.4. The summed E-state index contributed by atoms with van der Waals surface area (Å²) in [4.78, 5) is 38.5. The monoisotopic (exact) mass is 352 g/mol. The first-order valence-corrected chi connectivity index (χ1v) is 7.88. The molecule has 24 heavy (non-hydrogen) atoms. The van der Waals surface area contributed by atoms with E-state index in [2.05, 4.69) is 15.6 Å². The molecule has 0 saturated carbocycles. The number of halogens is 1. The number of aromatic nitrogens is 2. The Kier molecular flexibility index (Phi) is 5.80. The normalized spacial score (nSPS) is 17.3. The molecule has 1 saturated heterocycles. The highest BCUT2D eigenvalue weighted by atomic mass is 35.5. The minimum absolute atomic E-state index is 0. The van der Waals surface area contributed by atoms with Gasteiger partial charge >= 0.3 is 11.1 Å². The summed E-state index contributed by atoms with van der Waals surface area (Å²) in [6, 6.07) is 5.12. The molecule has 3 rings (SSSR count). The van der Waals surface area contributed by atoms with Crippen molar-refractivity contribution in [2.45, 2.75) is 32.4 Å². The minimum Gasteiger partial charge on any atom is -0.348 e. The molecule has 0 radical (unpaired) electrons. The quantitative estimate of drug-likeness (QED) is 0.705. The summed E-state index contributed by atoms with van der Waals surface area (Å²) < 4.78 is 1.40. The fourth-order valence-electron chi connectivity index (χ4n) is 2.98. The van der Waals surface area contributed by atoms with Crippen molar-refractivity contribution in [3.8, 4) is 0 Å². The van der Waals surface area contributed by atoms with Gasteiger partial charge in [-0.05, 0) is 44.5 Å². The number of carbonyl (C=O) groups excluding carboxylic acids is 1. The first-order chi connectivity index (χ1) is 11.1. The third-order valence-corrected chi connectivity index (χ3v) is 4.19. The fraction of sp³-hybridized carbons (Fsp3) is 0.438. The number of aryl methyl sites for hydroxylation is 1. The third kappa shape index (κ3) is 3.52. The van der Waals surface area contributed by atoms with E-state index in [1.807, 2.05) is 0 Å². The molecular weight excluding hydrogens is 332 g/mol. The Labute approximate surface area is 144 Å². The molecule has 1 atom stereocenters. The van der Waals surface area contributed by atoms with Crippen molar-refractivity contribution in [1.82, 2.24) is 20.2 Å². The van der Waals surface area contributed by atoms with Gasteiger partial charge in [0.25, 0.3) is 5.91 Å². The van der Waals surface area contributed by atoms with Crippen molar-refractivity contribution in [3.63, 3.8) is 0 Å². The molecule has 2 heterocycles. The molecule has 0 aliphatic carbocycles. The molecule has 2 aromatic rings. The number of amides is 1. The number of nitrogens with one attached hydrogen (secondary N) is 3. The number of hydrogen-bond donors (Lipinski definition) is 3. The summed E-state index contributed by atoms with van der Waals surface area (Å²) in [5, 5.41) is 6.24. The van der Waals surface area contributed by atoms with Gasteiger partial charge in [0.05, 0.1) is 11.0 Å². The maximum absolute atomic E-state index is 12.4. The van der Waals surface area contributed by atoms with E-state index in [1.54, 1.807) is 25.1 Å². The van der Waals surface area contributed by atoms with Crippen LogP contribution in [0, 0.1) is 0 Å². The molecule has 3 N–H and O–H groups in total. The number of H-pyrrole nitrogens is 1. The zero-order chi connectivity index (χ0) is 16.4. The number of aromatic amines is 1. The molecule has 0 bridgehead atoms. The topological polar surface area (TPSA) is 96.0 Å². The summed E-state index contributed by atoms with van der Waals surface area (Å²) in [5.41, 5.74) is 0.331. The predicted octanol–water partition coefficient (Wildman–Crippen LogP) is 0.613. The van der Waals surface area contributed by atoms with E-state index in [1.165, 1.54) is 4.57 Å². The standard InChI is InChI=1S/C16H20N4O3.ClH/c1-2-20-13-6-5-10(8-12(13)19-15(22)16(20)23)14(21)18-11-4-3-7-17-9-11;/h5-6,8,11,17H,2-4,7,9H2,1H3,(H,18,21)(H,19,22);1H/t11-;/m0./s1. The molecule has 1 aliphatic heterocycles. The Balaban J connectivity index is 0.00000208. The van der Waals surface area contributed by atoms with Crippen LogP contribution in [0.5, 0.6) is 0 Å². The Morgan fingerprint density at radius 1 is 1.38 bits per heavy atom. The second-order valence-corrected chi connectivity index (χ2v) is 5.75. The van der Waals surface area contributed by atoms with E-state index < -0.39 is 11.1 Å². The summed E-state index contributed by atoms with van der Waals surface area (Å²) in [7, 11) is 0. The van der Waals surface area contributed by atoms with Crippen molar-refractivity contribution < 1.29 is 4.79 Å². The molecule has 130 valence electrons. The molecule has 1 aliphatic rings.